The van der Waals surface area contributed by atoms with E-state index in [1.807, 2.05) is 37.3 Å². The highest BCUT2D eigenvalue weighted by Gasteiger charge is 2.19. The van der Waals surface area contributed by atoms with Gasteiger partial charge in [0.25, 0.3) is 0 Å². The van der Waals surface area contributed by atoms with Gasteiger partial charge in [0.2, 0.25) is 5.88 Å². The average molecular weight is 339 g/mol. The molecule has 4 heterocycles. The van der Waals surface area contributed by atoms with Gasteiger partial charge in [-0.15, -0.1) is 10.2 Å². The van der Waals surface area contributed by atoms with Crippen molar-refractivity contribution in [3.05, 3.63) is 59.7 Å². The Kier molecular flexibility index (Phi) is 4.47. The molecule has 3 aromatic heterocycles. The zero-order valence-electron chi connectivity index (χ0n) is 14.3. The van der Waals surface area contributed by atoms with Gasteiger partial charge in [-0.05, 0) is 25.1 Å². The van der Waals surface area contributed by atoms with Crippen molar-refractivity contribution in [1.29, 1.82) is 0 Å². The normalized spacial score (nSPS) is 14.9. The molecule has 1 aliphatic rings. The second kappa shape index (κ2) is 7.06. The fourth-order valence-corrected chi connectivity index (χ4v) is 3.05. The summed E-state index contributed by atoms with van der Waals surface area (Å²) in [7, 11) is 0. The number of pyridine rings is 1. The number of rotatable bonds is 5. The highest BCUT2D eigenvalue weighted by Crippen LogP contribution is 2.15. The second-order valence-corrected chi connectivity index (χ2v) is 6.18. The third kappa shape index (κ3) is 3.71. The van der Waals surface area contributed by atoms with Crippen LogP contribution in [0.25, 0.3) is 0 Å². The van der Waals surface area contributed by atoms with E-state index in [9.17, 15) is 0 Å². The summed E-state index contributed by atoms with van der Waals surface area (Å²) in [5.41, 5.74) is 0. The van der Waals surface area contributed by atoms with E-state index in [2.05, 4.69) is 24.6 Å². The van der Waals surface area contributed by atoms with Gasteiger partial charge in [0.05, 0.1) is 6.54 Å². The summed E-state index contributed by atoms with van der Waals surface area (Å²) in [5, 5.41) is 8.63. The first kappa shape index (κ1) is 15.8. The van der Waals surface area contributed by atoms with Gasteiger partial charge in [-0.3, -0.25) is 4.90 Å². The predicted molar refractivity (Wildman–Crippen MR) is 91.0 cm³/mol. The van der Waals surface area contributed by atoms with Gasteiger partial charge < -0.3 is 13.7 Å². The van der Waals surface area contributed by atoms with Crippen LogP contribution in [0.4, 0.5) is 0 Å². The molecule has 0 saturated carbocycles. The van der Waals surface area contributed by atoms with Crippen molar-refractivity contribution in [1.82, 2.24) is 24.6 Å². The maximum atomic E-state index is 5.72. The van der Waals surface area contributed by atoms with Crippen LogP contribution < -0.4 is 4.74 Å². The molecule has 0 fully saturated rings. The monoisotopic (exact) mass is 339 g/mol. The molecule has 0 bridgehead atoms. The molecule has 0 unspecified atom stereocenters. The van der Waals surface area contributed by atoms with Crippen LogP contribution in [-0.4, -0.2) is 37.7 Å². The van der Waals surface area contributed by atoms with Crippen molar-refractivity contribution in [3.8, 4) is 5.88 Å². The van der Waals surface area contributed by atoms with Crippen molar-refractivity contribution >= 4 is 0 Å². The van der Waals surface area contributed by atoms with Crippen LogP contribution in [0.2, 0.25) is 0 Å². The van der Waals surface area contributed by atoms with E-state index in [1.54, 1.807) is 6.20 Å². The Labute approximate surface area is 146 Å². The van der Waals surface area contributed by atoms with Crippen molar-refractivity contribution in [2.75, 3.05) is 13.1 Å². The van der Waals surface area contributed by atoms with Crippen molar-refractivity contribution in [2.24, 2.45) is 0 Å². The fraction of sp³-hybridized carbons (Fsp3) is 0.389. The summed E-state index contributed by atoms with van der Waals surface area (Å²) < 4.78 is 13.6. The topological polar surface area (TPSA) is 69.2 Å². The van der Waals surface area contributed by atoms with Gasteiger partial charge in [0.15, 0.2) is 5.82 Å². The minimum Gasteiger partial charge on any atom is -0.469 e. The molecule has 0 spiro atoms. The molecule has 7 nitrogen and oxygen atoms in total. The van der Waals surface area contributed by atoms with Crippen LogP contribution >= 0.6 is 0 Å². The number of hydrogen-bond acceptors (Lipinski definition) is 6. The molecule has 0 atom stereocenters. The molecule has 0 aliphatic carbocycles. The maximum Gasteiger partial charge on any atom is 0.213 e. The fourth-order valence-electron chi connectivity index (χ4n) is 3.05. The minimum atomic E-state index is 0.376. The highest BCUT2D eigenvalue weighted by atomic mass is 16.5. The first-order valence-electron chi connectivity index (χ1n) is 8.50. The number of aryl methyl sites for hydroxylation is 1. The Morgan fingerprint density at radius 3 is 2.88 bits per heavy atom. The highest BCUT2D eigenvalue weighted by molar-refractivity contribution is 5.10. The van der Waals surface area contributed by atoms with Crippen LogP contribution in [0.1, 0.15) is 23.2 Å². The van der Waals surface area contributed by atoms with E-state index >= 15 is 0 Å². The Morgan fingerprint density at radius 2 is 2.08 bits per heavy atom. The average Bonchev–Trinajstić information content (AvgIpc) is 3.16. The first-order valence-corrected chi connectivity index (χ1v) is 8.50. The lowest BCUT2D eigenvalue weighted by Gasteiger charge is -2.18. The van der Waals surface area contributed by atoms with Crippen LogP contribution in [0.5, 0.6) is 5.88 Å². The van der Waals surface area contributed by atoms with E-state index < -0.39 is 0 Å². The van der Waals surface area contributed by atoms with Crippen LogP contribution in [0, 0.1) is 6.92 Å². The molecule has 0 saturated heterocycles. The zero-order valence-corrected chi connectivity index (χ0v) is 14.3. The SMILES string of the molecule is Cc1ccc(CN2CCc3nnc(COc4ccccn4)n3CC2)o1. The van der Waals surface area contributed by atoms with E-state index in [-0.39, 0.29) is 0 Å². The molecule has 0 N–H and O–H groups in total. The largest absolute Gasteiger partial charge is 0.469 e. The van der Waals surface area contributed by atoms with Gasteiger partial charge in [-0.2, -0.15) is 0 Å². The lowest BCUT2D eigenvalue weighted by atomic mass is 10.3. The smallest absolute Gasteiger partial charge is 0.213 e. The molecule has 25 heavy (non-hydrogen) atoms. The second-order valence-electron chi connectivity index (χ2n) is 6.18. The Bertz CT molecular complexity index is 827. The predicted octanol–water partition coefficient (Wildman–Crippen LogP) is 2.21. The lowest BCUT2D eigenvalue weighted by Crippen LogP contribution is -2.26. The number of furan rings is 1. The van der Waals surface area contributed by atoms with Crippen molar-refractivity contribution in [3.63, 3.8) is 0 Å². The van der Waals surface area contributed by atoms with E-state index in [4.69, 9.17) is 9.15 Å². The lowest BCUT2D eigenvalue weighted by molar-refractivity contribution is 0.241. The Hall–Kier alpha value is -2.67. The molecule has 1 aliphatic heterocycles. The summed E-state index contributed by atoms with van der Waals surface area (Å²) in [5.74, 6) is 4.42. The Morgan fingerprint density at radius 1 is 1.12 bits per heavy atom. The van der Waals surface area contributed by atoms with Crippen LogP contribution in [0.15, 0.2) is 40.9 Å². The quantitative estimate of drug-likeness (QED) is 0.710. The molecule has 0 radical (unpaired) electrons. The van der Waals surface area contributed by atoms with E-state index in [0.717, 1.165) is 55.8 Å². The molecule has 7 heteroatoms. The molecule has 130 valence electrons. The summed E-state index contributed by atoms with van der Waals surface area (Å²) in [6.07, 6.45) is 2.59. The van der Waals surface area contributed by atoms with Crippen LogP contribution in [-0.2, 0) is 26.1 Å². The van der Waals surface area contributed by atoms with Crippen molar-refractivity contribution < 1.29 is 9.15 Å². The molecular formula is C18H21N5O2. The summed E-state index contributed by atoms with van der Waals surface area (Å²) in [6.45, 7) is 5.90. The molecule has 0 aromatic carbocycles. The molecule has 3 aromatic rings. The number of ether oxygens (including phenoxy) is 1. The van der Waals surface area contributed by atoms with Gasteiger partial charge in [-0.1, -0.05) is 6.07 Å². The number of aromatic nitrogens is 4. The first-order chi connectivity index (χ1) is 12.3. The summed E-state index contributed by atoms with van der Waals surface area (Å²) in [4.78, 5) is 6.56. The van der Waals surface area contributed by atoms with Gasteiger partial charge in [-0.25, -0.2) is 4.98 Å². The molecule has 0 amide bonds. The molecular weight excluding hydrogens is 318 g/mol. The minimum absolute atomic E-state index is 0.376. The summed E-state index contributed by atoms with van der Waals surface area (Å²) in [6, 6.07) is 9.67. The third-order valence-electron chi connectivity index (χ3n) is 4.36. The van der Waals surface area contributed by atoms with Crippen LogP contribution in [0.3, 0.4) is 0 Å². The van der Waals surface area contributed by atoms with Gasteiger partial charge in [0, 0.05) is 38.3 Å². The molecule has 4 rings (SSSR count). The van der Waals surface area contributed by atoms with Gasteiger partial charge >= 0.3 is 0 Å². The van der Waals surface area contributed by atoms with E-state index in [0.29, 0.717) is 12.5 Å². The number of nitrogens with zero attached hydrogens (tertiary/aromatic N) is 5. The zero-order chi connectivity index (χ0) is 17.1. The number of hydrogen-bond donors (Lipinski definition) is 0. The standard InChI is InChI=1S/C18H21N5O2/c1-14-5-6-15(25-14)12-22-9-7-16-20-21-17(23(16)11-10-22)13-24-18-4-2-3-8-19-18/h2-6,8H,7,9-13H2,1H3. The third-order valence-corrected chi connectivity index (χ3v) is 4.36. The Balaban J connectivity index is 1.39. The van der Waals surface area contributed by atoms with Gasteiger partial charge in [0.1, 0.15) is 24.0 Å². The summed E-state index contributed by atoms with van der Waals surface area (Å²) >= 11 is 0. The van der Waals surface area contributed by atoms with E-state index in [1.165, 1.54) is 0 Å². The maximum absolute atomic E-state index is 5.72. The number of fused-ring (bicyclic) bond motifs is 1. The van der Waals surface area contributed by atoms with Crippen molar-refractivity contribution in [2.45, 2.75) is 33.0 Å².